The lowest BCUT2D eigenvalue weighted by Gasteiger charge is -2.34. The Hall–Kier alpha value is -6.01. The lowest BCUT2D eigenvalue weighted by molar-refractivity contribution is 0.0187. The highest BCUT2D eigenvalue weighted by atomic mass is 35.5. The minimum atomic E-state index is -0.521. The van der Waals surface area contributed by atoms with Gasteiger partial charge in [0.25, 0.3) is 0 Å². The number of hydrogen-bond donors (Lipinski definition) is 1. The molecule has 2 saturated heterocycles. The van der Waals surface area contributed by atoms with Crippen LogP contribution in [0.15, 0.2) is 60.8 Å². The molecule has 0 aliphatic carbocycles. The molecule has 2 aliphatic heterocycles. The van der Waals surface area contributed by atoms with Crippen LogP contribution in [0.4, 0.5) is 20.4 Å². The second-order valence-electron chi connectivity index (χ2n) is 18.6. The fraction of sp³-hybridized carbons (Fsp3) is 0.467. The molecular weight excluding hydrogens is 854 g/mol. The van der Waals surface area contributed by atoms with E-state index in [9.17, 15) is 9.59 Å². The van der Waals surface area contributed by atoms with E-state index in [1.165, 1.54) is 5.56 Å². The van der Waals surface area contributed by atoms with E-state index in [-0.39, 0.29) is 24.0 Å². The van der Waals surface area contributed by atoms with Crippen LogP contribution in [-0.2, 0) is 23.6 Å². The Morgan fingerprint density at radius 1 is 0.719 bits per heavy atom. The molecule has 0 aromatic carbocycles. The first-order valence-electron chi connectivity index (χ1n) is 21.6. The Labute approximate surface area is 381 Å². The average Bonchev–Trinajstić information content (AvgIpc) is 4.09. The van der Waals surface area contributed by atoms with Crippen molar-refractivity contribution in [3.63, 3.8) is 0 Å². The van der Waals surface area contributed by atoms with E-state index < -0.39 is 11.2 Å². The van der Waals surface area contributed by atoms with Crippen LogP contribution in [0, 0.1) is 6.92 Å². The molecule has 2 unspecified atom stereocenters. The largest absolute Gasteiger partial charge is 0.444 e. The smallest absolute Gasteiger partial charge is 0.410 e. The second-order valence-corrected chi connectivity index (χ2v) is 19.9. The standard InChI is InChI=1S/C25H31N7O2S.C20H25ClN6O2/c1-16-9-22(35-15-16)29-21-10-20(17-7-6-8-31(14-17)24(33)34-25(2,3)4)28-23-19(12-27-32(21)23)18-11-26-30(5)13-18;1-20(2,3)29-19(28)26-7-5-6-13(12-26)16-8-17(21)27-18(24-16)15(10-23-27)14-9-22-25(4)11-14/h9-13,15,17,29H,6-8,14H2,1-5H3;8-11,13H,5-7,12H2,1-4H3. The van der Waals surface area contributed by atoms with E-state index in [0.717, 1.165) is 75.8 Å². The van der Waals surface area contributed by atoms with Crippen LogP contribution in [-0.4, -0.2) is 108 Å². The van der Waals surface area contributed by atoms with Crippen molar-refractivity contribution in [2.75, 3.05) is 31.5 Å². The van der Waals surface area contributed by atoms with Crippen LogP contribution in [0.3, 0.4) is 0 Å². The number of carbonyl (C=O) groups is 2. The van der Waals surface area contributed by atoms with Gasteiger partial charge in [0.15, 0.2) is 11.3 Å². The van der Waals surface area contributed by atoms with E-state index in [0.29, 0.717) is 37.0 Å². The molecule has 2 amide bonds. The molecule has 17 nitrogen and oxygen atoms in total. The number of halogens is 1. The summed E-state index contributed by atoms with van der Waals surface area (Å²) >= 11 is 8.16. The molecule has 0 spiro atoms. The van der Waals surface area contributed by atoms with Crippen molar-refractivity contribution in [3.8, 4) is 22.3 Å². The zero-order valence-corrected chi connectivity index (χ0v) is 39.4. The molecule has 7 aromatic rings. The van der Waals surface area contributed by atoms with Gasteiger partial charge in [0.1, 0.15) is 22.2 Å². The minimum absolute atomic E-state index is 0.0930. The lowest BCUT2D eigenvalue weighted by atomic mass is 9.94. The maximum atomic E-state index is 12.8. The topological polar surface area (TPSA) is 167 Å². The summed E-state index contributed by atoms with van der Waals surface area (Å²) < 4.78 is 18.2. The summed E-state index contributed by atoms with van der Waals surface area (Å²) in [6.07, 6.45) is 14.2. The molecular formula is C45H56ClN13O4S. The van der Waals surface area contributed by atoms with Crippen LogP contribution in [0.2, 0.25) is 5.15 Å². The number of carbonyl (C=O) groups excluding carboxylic acids is 2. The number of likely N-dealkylation sites (tertiary alicyclic amines) is 2. The third-order valence-corrected chi connectivity index (χ3v) is 12.2. The summed E-state index contributed by atoms with van der Waals surface area (Å²) in [4.78, 5) is 38.8. The fourth-order valence-electron chi connectivity index (χ4n) is 8.01. The maximum absolute atomic E-state index is 12.8. The van der Waals surface area contributed by atoms with Crippen LogP contribution in [0.1, 0.15) is 96.0 Å². The van der Waals surface area contributed by atoms with E-state index >= 15 is 0 Å². The molecule has 9 heterocycles. The van der Waals surface area contributed by atoms with Gasteiger partial charge in [-0.1, -0.05) is 11.6 Å². The maximum Gasteiger partial charge on any atom is 0.410 e. The number of amides is 2. The molecule has 2 atom stereocenters. The van der Waals surface area contributed by atoms with E-state index in [4.69, 9.17) is 31.0 Å². The van der Waals surface area contributed by atoms with Crippen molar-refractivity contribution >= 4 is 57.2 Å². The first-order chi connectivity index (χ1) is 30.4. The van der Waals surface area contributed by atoms with Gasteiger partial charge in [0.2, 0.25) is 0 Å². The average molecular weight is 911 g/mol. The van der Waals surface area contributed by atoms with E-state index in [1.54, 1.807) is 47.4 Å². The number of nitrogens with zero attached hydrogens (tertiary/aromatic N) is 12. The van der Waals surface area contributed by atoms with Crippen LogP contribution >= 0.6 is 22.9 Å². The second kappa shape index (κ2) is 17.9. The number of ether oxygens (including phenoxy) is 2. The minimum Gasteiger partial charge on any atom is -0.444 e. The first kappa shape index (κ1) is 44.6. The van der Waals surface area contributed by atoms with Gasteiger partial charge in [-0.2, -0.15) is 24.9 Å². The van der Waals surface area contributed by atoms with Gasteiger partial charge in [-0.3, -0.25) is 9.36 Å². The van der Waals surface area contributed by atoms with Crippen molar-refractivity contribution in [2.45, 2.75) is 97.2 Å². The number of fused-ring (bicyclic) bond motifs is 2. The quantitative estimate of drug-likeness (QED) is 0.158. The molecule has 1 N–H and O–H groups in total. The molecule has 338 valence electrons. The third-order valence-electron chi connectivity index (χ3n) is 10.9. The number of rotatable bonds is 6. The molecule has 2 aliphatic rings. The molecule has 19 heteroatoms. The van der Waals surface area contributed by atoms with Crippen LogP contribution in [0.5, 0.6) is 0 Å². The normalized spacial score (nSPS) is 17.1. The van der Waals surface area contributed by atoms with Crippen LogP contribution in [0.25, 0.3) is 33.5 Å². The van der Waals surface area contributed by atoms with Crippen LogP contribution < -0.4 is 5.32 Å². The zero-order valence-electron chi connectivity index (χ0n) is 37.9. The highest BCUT2D eigenvalue weighted by molar-refractivity contribution is 7.14. The predicted molar refractivity (Wildman–Crippen MR) is 247 cm³/mol. The van der Waals surface area contributed by atoms with E-state index in [1.807, 2.05) is 91.0 Å². The molecule has 64 heavy (non-hydrogen) atoms. The third kappa shape index (κ3) is 10.2. The Bertz CT molecular complexity index is 2790. The summed E-state index contributed by atoms with van der Waals surface area (Å²) in [6.45, 7) is 15.9. The van der Waals surface area contributed by atoms with Gasteiger partial charge >= 0.3 is 12.2 Å². The first-order valence-corrected chi connectivity index (χ1v) is 22.8. The Morgan fingerprint density at radius 3 is 1.69 bits per heavy atom. The SMILES string of the molecule is Cc1csc(Nc2cc(C3CCCN(C(=O)OC(C)(C)C)C3)nc3c(-c4cnn(C)c4)cnn23)c1.Cn1cc(-c2cnn3c(Cl)cc(C4CCCN(C(=O)OC(C)(C)C)C4)nc23)cn1. The molecule has 0 saturated carbocycles. The zero-order chi connectivity index (χ0) is 45.5. The van der Waals surface area contributed by atoms with E-state index in [2.05, 4.69) is 50.1 Å². The number of anilines is 2. The number of thiophene rings is 1. The monoisotopic (exact) mass is 909 g/mol. The molecule has 0 bridgehead atoms. The van der Waals surface area contributed by atoms with Crippen molar-refractivity contribution in [2.24, 2.45) is 14.1 Å². The summed E-state index contributed by atoms with van der Waals surface area (Å²) in [5.41, 5.74) is 7.12. The lowest BCUT2D eigenvalue weighted by Crippen LogP contribution is -2.42. The Kier molecular flexibility index (Phi) is 12.5. The molecule has 9 rings (SSSR count). The van der Waals surface area contributed by atoms with Crippen molar-refractivity contribution in [3.05, 3.63) is 82.9 Å². The molecule has 0 radical (unpaired) electrons. The van der Waals surface area contributed by atoms with Crippen molar-refractivity contribution in [1.29, 1.82) is 0 Å². The predicted octanol–water partition coefficient (Wildman–Crippen LogP) is 9.26. The number of aryl methyl sites for hydroxylation is 3. The summed E-state index contributed by atoms with van der Waals surface area (Å²) in [5, 5.41) is 24.8. The number of aromatic nitrogens is 10. The van der Waals surface area contributed by atoms with Gasteiger partial charge in [0, 0.05) is 92.8 Å². The number of nitrogens with one attached hydrogen (secondary N) is 1. The Balaban J connectivity index is 0.000000178. The highest BCUT2D eigenvalue weighted by Crippen LogP contribution is 2.35. The number of piperidine rings is 2. The van der Waals surface area contributed by atoms with Crippen molar-refractivity contribution < 1.29 is 19.1 Å². The van der Waals surface area contributed by atoms with Gasteiger partial charge < -0.3 is 24.6 Å². The fourth-order valence-corrected chi connectivity index (χ4v) is 9.04. The summed E-state index contributed by atoms with van der Waals surface area (Å²) in [7, 11) is 3.77. The summed E-state index contributed by atoms with van der Waals surface area (Å²) in [6, 6.07) is 6.02. The number of hydrogen-bond acceptors (Lipinski definition) is 12. The highest BCUT2D eigenvalue weighted by Gasteiger charge is 2.32. The van der Waals surface area contributed by atoms with Gasteiger partial charge in [-0.05, 0) is 97.2 Å². The molecule has 2 fully saturated rings. The van der Waals surface area contributed by atoms with Crippen molar-refractivity contribution in [1.82, 2.24) is 58.6 Å². The van der Waals surface area contributed by atoms with Gasteiger partial charge in [0.05, 0.1) is 41.2 Å². The van der Waals surface area contributed by atoms with Gasteiger partial charge in [-0.25, -0.2) is 24.1 Å². The van der Waals surface area contributed by atoms with Gasteiger partial charge in [-0.15, -0.1) is 11.3 Å². The Morgan fingerprint density at radius 2 is 1.22 bits per heavy atom. The molecule has 7 aromatic heterocycles. The summed E-state index contributed by atoms with van der Waals surface area (Å²) in [5.74, 6) is 1.04.